The second-order valence-electron chi connectivity index (χ2n) is 4.53. The topological polar surface area (TPSA) is 137 Å². The molecule has 0 aliphatic rings. The smallest absolute Gasteiger partial charge is 0.323 e. The Labute approximate surface area is 135 Å². The van der Waals surface area contributed by atoms with Crippen molar-refractivity contribution in [1.82, 2.24) is 0 Å². The molecule has 2 aromatic rings. The van der Waals surface area contributed by atoms with Gasteiger partial charge in [0.1, 0.15) is 5.75 Å². The number of hydrogen-bond donors (Lipinski definition) is 2. The number of ether oxygens (including phenoxy) is 1. The van der Waals surface area contributed by atoms with E-state index in [2.05, 4.69) is 10.6 Å². The summed E-state index contributed by atoms with van der Waals surface area (Å²) in [5, 5.41) is 26.5. The number of para-hydroxylation sites is 2. The van der Waals surface area contributed by atoms with E-state index < -0.39 is 27.3 Å². The summed E-state index contributed by atoms with van der Waals surface area (Å²) in [4.78, 5) is 32.1. The summed E-state index contributed by atoms with van der Waals surface area (Å²) >= 11 is 0. The van der Waals surface area contributed by atoms with E-state index in [0.29, 0.717) is 11.4 Å². The average Bonchev–Trinajstić information content (AvgIpc) is 2.54. The molecule has 2 rings (SSSR count). The monoisotopic (exact) mass is 332 g/mol. The molecule has 0 aliphatic heterocycles. The lowest BCUT2D eigenvalue weighted by molar-refractivity contribution is -0.394. The Bertz CT molecular complexity index is 775. The number of nitro groups is 2. The first kappa shape index (κ1) is 16.7. The van der Waals surface area contributed by atoms with Crippen molar-refractivity contribution in [3.8, 4) is 5.75 Å². The van der Waals surface area contributed by atoms with Crippen LogP contribution in [0.4, 0.5) is 27.5 Å². The summed E-state index contributed by atoms with van der Waals surface area (Å²) < 4.78 is 5.08. The number of benzene rings is 2. The van der Waals surface area contributed by atoms with E-state index in [9.17, 15) is 25.0 Å². The first-order valence-corrected chi connectivity index (χ1v) is 6.55. The molecular formula is C14H12N4O6. The maximum absolute atomic E-state index is 12.0. The second kappa shape index (κ2) is 7.05. The molecule has 2 N–H and O–H groups in total. The van der Waals surface area contributed by atoms with Crippen molar-refractivity contribution in [2.24, 2.45) is 0 Å². The predicted octanol–water partition coefficient (Wildman–Crippen LogP) is 3.16. The molecule has 0 heterocycles. The number of carbonyl (C=O) groups excluding carboxylic acids is 1. The van der Waals surface area contributed by atoms with E-state index in [1.807, 2.05) is 0 Å². The van der Waals surface area contributed by atoms with Gasteiger partial charge in [0.25, 0.3) is 11.4 Å². The van der Waals surface area contributed by atoms with Crippen molar-refractivity contribution < 1.29 is 19.4 Å². The highest BCUT2D eigenvalue weighted by Gasteiger charge is 2.17. The molecule has 0 bridgehead atoms. The number of hydrogen-bond acceptors (Lipinski definition) is 6. The molecule has 0 aliphatic carbocycles. The van der Waals surface area contributed by atoms with Crippen molar-refractivity contribution in [3.05, 3.63) is 62.7 Å². The van der Waals surface area contributed by atoms with Crippen LogP contribution in [0.1, 0.15) is 0 Å². The number of nitrogens with zero attached hydrogens (tertiary/aromatic N) is 2. The SMILES string of the molecule is COc1ccccc1NC(=O)Nc1cc([N+](=O)[O-])cc([N+](=O)[O-])c1. The standard InChI is InChI=1S/C14H12N4O6/c1-24-13-5-3-2-4-12(13)16-14(19)15-9-6-10(17(20)21)8-11(7-9)18(22)23/h2-8H,1H3,(H2,15,16,19). The van der Waals surface area contributed by atoms with Crippen molar-refractivity contribution in [1.29, 1.82) is 0 Å². The zero-order chi connectivity index (χ0) is 17.7. The Kier molecular flexibility index (Phi) is 4.90. The van der Waals surface area contributed by atoms with Gasteiger partial charge in [-0.2, -0.15) is 0 Å². The number of carbonyl (C=O) groups is 1. The van der Waals surface area contributed by atoms with Crippen LogP contribution in [-0.4, -0.2) is 23.0 Å². The van der Waals surface area contributed by atoms with Gasteiger partial charge in [0.15, 0.2) is 0 Å². The highest BCUT2D eigenvalue weighted by Crippen LogP contribution is 2.27. The van der Waals surface area contributed by atoms with Crippen molar-refractivity contribution >= 4 is 28.8 Å². The summed E-state index contributed by atoms with van der Waals surface area (Å²) in [6, 6.07) is 8.74. The van der Waals surface area contributed by atoms with E-state index in [4.69, 9.17) is 4.74 Å². The van der Waals surface area contributed by atoms with E-state index in [0.717, 1.165) is 18.2 Å². The number of amides is 2. The maximum Gasteiger partial charge on any atom is 0.323 e. The molecule has 0 fully saturated rings. The van der Waals surface area contributed by atoms with Crippen molar-refractivity contribution in [2.45, 2.75) is 0 Å². The largest absolute Gasteiger partial charge is 0.495 e. The number of anilines is 2. The summed E-state index contributed by atoms with van der Waals surface area (Å²) in [6.07, 6.45) is 0. The number of nitrogens with one attached hydrogen (secondary N) is 2. The summed E-state index contributed by atoms with van der Waals surface area (Å²) in [5.74, 6) is 0.415. The number of rotatable bonds is 5. The Morgan fingerprint density at radius 2 is 1.58 bits per heavy atom. The van der Waals surface area contributed by atoms with E-state index in [1.165, 1.54) is 7.11 Å². The van der Waals surface area contributed by atoms with Gasteiger partial charge in [-0.25, -0.2) is 4.79 Å². The molecule has 10 nitrogen and oxygen atoms in total. The molecule has 2 amide bonds. The van der Waals surface area contributed by atoms with Gasteiger partial charge in [0.05, 0.1) is 34.4 Å². The lowest BCUT2D eigenvalue weighted by Gasteiger charge is -2.10. The Morgan fingerprint density at radius 3 is 2.12 bits per heavy atom. The third-order valence-corrected chi connectivity index (χ3v) is 2.94. The Hall–Kier alpha value is -3.69. The molecule has 2 aromatic carbocycles. The highest BCUT2D eigenvalue weighted by molar-refractivity contribution is 6.01. The van der Waals surface area contributed by atoms with Gasteiger partial charge in [-0.3, -0.25) is 20.2 Å². The Morgan fingerprint density at radius 1 is 1.00 bits per heavy atom. The Balaban J connectivity index is 2.22. The van der Waals surface area contributed by atoms with Crippen molar-refractivity contribution in [2.75, 3.05) is 17.7 Å². The number of non-ortho nitro benzene ring substituents is 2. The lowest BCUT2D eigenvalue weighted by atomic mass is 10.2. The third-order valence-electron chi connectivity index (χ3n) is 2.94. The van der Waals surface area contributed by atoms with Gasteiger partial charge in [-0.15, -0.1) is 0 Å². The summed E-state index contributed by atoms with van der Waals surface area (Å²) in [6.45, 7) is 0. The minimum absolute atomic E-state index is 0.0803. The maximum atomic E-state index is 12.0. The fourth-order valence-electron chi connectivity index (χ4n) is 1.91. The van der Waals surface area contributed by atoms with Gasteiger partial charge in [0.2, 0.25) is 0 Å². The quantitative estimate of drug-likeness (QED) is 0.637. The molecule has 0 saturated heterocycles. The minimum Gasteiger partial charge on any atom is -0.495 e. The second-order valence-corrected chi connectivity index (χ2v) is 4.53. The molecule has 0 radical (unpaired) electrons. The summed E-state index contributed by atoms with van der Waals surface area (Å²) in [5.41, 5.74) is -0.714. The van der Waals surface area contributed by atoms with Gasteiger partial charge in [0, 0.05) is 12.1 Å². The van der Waals surface area contributed by atoms with Crippen LogP contribution in [0.2, 0.25) is 0 Å². The highest BCUT2D eigenvalue weighted by atomic mass is 16.6. The van der Waals surface area contributed by atoms with E-state index in [-0.39, 0.29) is 5.69 Å². The van der Waals surface area contributed by atoms with Crippen LogP contribution in [0.15, 0.2) is 42.5 Å². The van der Waals surface area contributed by atoms with Crippen molar-refractivity contribution in [3.63, 3.8) is 0 Å². The zero-order valence-electron chi connectivity index (χ0n) is 12.4. The molecule has 0 saturated carbocycles. The van der Waals surface area contributed by atoms with Gasteiger partial charge in [-0.1, -0.05) is 12.1 Å². The number of nitro benzene ring substituents is 2. The van der Waals surface area contributed by atoms with Crippen LogP contribution in [0.5, 0.6) is 5.75 Å². The van der Waals surface area contributed by atoms with Crippen LogP contribution in [0.25, 0.3) is 0 Å². The number of urea groups is 1. The third kappa shape index (κ3) is 3.94. The number of methoxy groups -OCH3 is 1. The molecule has 24 heavy (non-hydrogen) atoms. The molecule has 0 atom stereocenters. The van der Waals surface area contributed by atoms with Crippen LogP contribution in [-0.2, 0) is 0 Å². The lowest BCUT2D eigenvalue weighted by Crippen LogP contribution is -2.20. The van der Waals surface area contributed by atoms with E-state index >= 15 is 0 Å². The molecular weight excluding hydrogens is 320 g/mol. The average molecular weight is 332 g/mol. The van der Waals surface area contributed by atoms with Crippen LogP contribution < -0.4 is 15.4 Å². The molecule has 0 aromatic heterocycles. The van der Waals surface area contributed by atoms with E-state index in [1.54, 1.807) is 24.3 Å². The summed E-state index contributed by atoms with van der Waals surface area (Å²) in [7, 11) is 1.43. The van der Waals surface area contributed by atoms with Gasteiger partial charge in [-0.05, 0) is 12.1 Å². The van der Waals surface area contributed by atoms with Crippen LogP contribution >= 0.6 is 0 Å². The molecule has 124 valence electrons. The van der Waals surface area contributed by atoms with Gasteiger partial charge >= 0.3 is 6.03 Å². The zero-order valence-corrected chi connectivity index (χ0v) is 12.4. The van der Waals surface area contributed by atoms with Gasteiger partial charge < -0.3 is 15.4 Å². The molecule has 0 unspecified atom stereocenters. The fraction of sp³-hybridized carbons (Fsp3) is 0.0714. The molecule has 0 spiro atoms. The fourth-order valence-corrected chi connectivity index (χ4v) is 1.91. The minimum atomic E-state index is -0.781. The molecule has 10 heteroatoms. The van der Waals surface area contributed by atoms with Crippen LogP contribution in [0.3, 0.4) is 0 Å². The first-order chi connectivity index (χ1) is 11.4. The normalized spacial score (nSPS) is 9.88. The van der Waals surface area contributed by atoms with Crippen LogP contribution in [0, 0.1) is 20.2 Å². The predicted molar refractivity (Wildman–Crippen MR) is 85.4 cm³/mol. The first-order valence-electron chi connectivity index (χ1n) is 6.55.